The van der Waals surface area contributed by atoms with Crippen molar-refractivity contribution in [1.82, 2.24) is 0 Å². The molecule has 3 aromatic rings. The third kappa shape index (κ3) is 7.09. The molecule has 3 nitrogen and oxygen atoms in total. The van der Waals surface area contributed by atoms with Crippen LogP contribution in [0.5, 0.6) is 5.75 Å². The first-order valence-electron chi connectivity index (χ1n) is 12.0. The van der Waals surface area contributed by atoms with E-state index in [1.165, 1.54) is 24.3 Å². The number of benzene rings is 2. The highest BCUT2D eigenvalue weighted by Gasteiger charge is 2.53. The van der Waals surface area contributed by atoms with Crippen molar-refractivity contribution in [2.75, 3.05) is 13.2 Å². The van der Waals surface area contributed by atoms with Gasteiger partial charge < -0.3 is 9.47 Å². The fraction of sp³-hybridized carbons (Fsp3) is 0.393. The third-order valence-electron chi connectivity index (χ3n) is 6.16. The molecule has 0 aliphatic heterocycles. The summed E-state index contributed by atoms with van der Waals surface area (Å²) >= 11 is 1.10. The highest BCUT2D eigenvalue weighted by Crippen LogP contribution is 2.43. The van der Waals surface area contributed by atoms with Crippen molar-refractivity contribution in [3.8, 4) is 16.2 Å². The number of esters is 1. The number of unbranched alkanes of at least 4 members (excludes halogenated alkanes) is 2. The molecule has 2 aromatic carbocycles. The molecule has 0 spiro atoms. The number of rotatable bonds is 11. The molecule has 1 heterocycles. The van der Waals surface area contributed by atoms with Crippen LogP contribution in [0.15, 0.2) is 55.1 Å². The van der Waals surface area contributed by atoms with Gasteiger partial charge >= 0.3 is 18.3 Å². The SMILES string of the molecule is C=CC(=O)OCC(C)(COc1ccc2cc(-c3ccc(CCCCC)cc3C(F)(F)F)sc2c1)C(F)(F)F. The Balaban J connectivity index is 1.86. The number of carbonyl (C=O) groups is 1. The lowest BCUT2D eigenvalue weighted by atomic mass is 9.92. The molecule has 0 saturated carbocycles. The second-order valence-electron chi connectivity index (χ2n) is 9.30. The number of fused-ring (bicyclic) bond motifs is 1. The van der Waals surface area contributed by atoms with E-state index in [9.17, 15) is 31.1 Å². The summed E-state index contributed by atoms with van der Waals surface area (Å²) in [5, 5.41) is 0.635. The van der Waals surface area contributed by atoms with Gasteiger partial charge in [0.2, 0.25) is 0 Å². The van der Waals surface area contributed by atoms with E-state index in [4.69, 9.17) is 4.74 Å². The predicted octanol–water partition coefficient (Wildman–Crippen LogP) is 9.00. The number of hydrogen-bond acceptors (Lipinski definition) is 4. The van der Waals surface area contributed by atoms with Crippen LogP contribution in [0.3, 0.4) is 0 Å². The van der Waals surface area contributed by atoms with E-state index in [1.807, 2.05) is 6.92 Å². The molecule has 0 bridgehead atoms. The molecule has 1 unspecified atom stereocenters. The molecule has 0 radical (unpaired) electrons. The molecule has 3 rings (SSSR count). The standard InChI is InChI=1S/C28H28F6O3S/c1-4-6-7-8-18-9-12-21(22(13-18)27(29,30)31)24-14-19-10-11-20(15-23(19)38-24)36-16-26(3,28(32,33)34)17-37-25(35)5-2/h5,9-15H,2,4,6-8,16-17H2,1,3H3. The van der Waals surface area contributed by atoms with E-state index in [-0.39, 0.29) is 11.3 Å². The molecule has 1 atom stereocenters. The quantitative estimate of drug-likeness (QED) is 0.102. The fourth-order valence-corrected chi connectivity index (χ4v) is 4.88. The van der Waals surface area contributed by atoms with E-state index >= 15 is 0 Å². The van der Waals surface area contributed by atoms with Crippen molar-refractivity contribution in [2.24, 2.45) is 5.41 Å². The molecule has 10 heteroatoms. The van der Waals surface area contributed by atoms with E-state index in [1.54, 1.807) is 18.2 Å². The van der Waals surface area contributed by atoms with Gasteiger partial charge in [-0.25, -0.2) is 4.79 Å². The summed E-state index contributed by atoms with van der Waals surface area (Å²) in [7, 11) is 0. The number of halogens is 6. The van der Waals surface area contributed by atoms with Crippen LogP contribution in [-0.2, 0) is 22.1 Å². The number of carbonyl (C=O) groups excluding carboxylic acids is 1. The Morgan fingerprint density at radius 1 is 1.00 bits per heavy atom. The highest BCUT2D eigenvalue weighted by molar-refractivity contribution is 7.22. The summed E-state index contributed by atoms with van der Waals surface area (Å²) in [4.78, 5) is 11.7. The third-order valence-corrected chi connectivity index (χ3v) is 7.29. The average Bonchev–Trinajstić information content (AvgIpc) is 3.28. The molecule has 0 aliphatic carbocycles. The van der Waals surface area contributed by atoms with E-state index < -0.39 is 42.5 Å². The molecular weight excluding hydrogens is 530 g/mol. The lowest BCUT2D eigenvalue weighted by molar-refractivity contribution is -0.240. The first kappa shape index (κ1) is 29.5. The van der Waals surface area contributed by atoms with Crippen molar-refractivity contribution < 1.29 is 40.6 Å². The normalized spacial score (nSPS) is 13.8. The summed E-state index contributed by atoms with van der Waals surface area (Å²) in [6.45, 7) is 4.27. The summed E-state index contributed by atoms with van der Waals surface area (Å²) < 4.78 is 93.4. The molecule has 1 aromatic heterocycles. The minimum absolute atomic E-state index is 0.0501. The monoisotopic (exact) mass is 558 g/mol. The number of ether oxygens (including phenoxy) is 2. The van der Waals surface area contributed by atoms with Crippen LogP contribution >= 0.6 is 11.3 Å². The van der Waals surface area contributed by atoms with Crippen molar-refractivity contribution in [3.63, 3.8) is 0 Å². The zero-order chi connectivity index (χ0) is 28.1. The van der Waals surface area contributed by atoms with Crippen molar-refractivity contribution in [2.45, 2.75) is 51.9 Å². The molecule has 206 valence electrons. The van der Waals surface area contributed by atoms with Gasteiger partial charge in [0.15, 0.2) is 0 Å². The maximum Gasteiger partial charge on any atom is 0.417 e. The minimum atomic E-state index is -4.73. The Kier molecular flexibility index (Phi) is 9.17. The van der Waals surface area contributed by atoms with Gasteiger partial charge in [-0.1, -0.05) is 38.5 Å². The first-order chi connectivity index (χ1) is 17.8. The van der Waals surface area contributed by atoms with Gasteiger partial charge in [0.1, 0.15) is 24.4 Å². The van der Waals surface area contributed by atoms with Gasteiger partial charge in [0.05, 0.1) is 5.56 Å². The Hall–Kier alpha value is -3.01. The Bertz CT molecular complexity index is 1280. The lowest BCUT2D eigenvalue weighted by Crippen LogP contribution is -2.44. The largest absolute Gasteiger partial charge is 0.492 e. The van der Waals surface area contributed by atoms with Crippen LogP contribution in [-0.4, -0.2) is 25.4 Å². The number of aryl methyl sites for hydroxylation is 1. The zero-order valence-electron chi connectivity index (χ0n) is 21.0. The summed E-state index contributed by atoms with van der Waals surface area (Å²) in [5.41, 5.74) is -2.53. The number of alkyl halides is 6. The second kappa shape index (κ2) is 11.8. The molecule has 0 N–H and O–H groups in total. The molecule has 38 heavy (non-hydrogen) atoms. The van der Waals surface area contributed by atoms with Crippen LogP contribution in [0.2, 0.25) is 0 Å². The van der Waals surface area contributed by atoms with Crippen LogP contribution in [0, 0.1) is 5.41 Å². The van der Waals surface area contributed by atoms with Crippen LogP contribution < -0.4 is 4.74 Å². The summed E-state index contributed by atoms with van der Waals surface area (Å²) in [5.74, 6) is -0.876. The van der Waals surface area contributed by atoms with Crippen LogP contribution in [0.4, 0.5) is 26.3 Å². The van der Waals surface area contributed by atoms with E-state index in [2.05, 4.69) is 11.3 Å². The molecule has 0 fully saturated rings. The molecule has 0 amide bonds. The summed E-state index contributed by atoms with van der Waals surface area (Å²) in [6.07, 6.45) is -5.23. The van der Waals surface area contributed by atoms with Gasteiger partial charge in [-0.15, -0.1) is 11.3 Å². The van der Waals surface area contributed by atoms with Gasteiger partial charge in [-0.2, -0.15) is 26.3 Å². The van der Waals surface area contributed by atoms with Gasteiger partial charge in [0.25, 0.3) is 0 Å². The average molecular weight is 559 g/mol. The topological polar surface area (TPSA) is 35.5 Å². The van der Waals surface area contributed by atoms with Crippen molar-refractivity contribution in [3.05, 3.63) is 66.2 Å². The Labute approximate surface area is 221 Å². The second-order valence-corrected chi connectivity index (χ2v) is 10.4. The van der Waals surface area contributed by atoms with Crippen LogP contribution in [0.1, 0.15) is 44.2 Å². The Morgan fingerprint density at radius 2 is 1.74 bits per heavy atom. The van der Waals surface area contributed by atoms with Crippen LogP contribution in [0.25, 0.3) is 20.5 Å². The smallest absolute Gasteiger partial charge is 0.417 e. The number of thiophene rings is 1. The van der Waals surface area contributed by atoms with Gasteiger partial charge in [-0.3, -0.25) is 0 Å². The molecule has 0 aliphatic rings. The molecular formula is C28H28F6O3S. The summed E-state index contributed by atoms with van der Waals surface area (Å²) in [6, 6.07) is 10.5. The predicted molar refractivity (Wildman–Crippen MR) is 136 cm³/mol. The van der Waals surface area contributed by atoms with Crippen molar-refractivity contribution >= 4 is 27.4 Å². The first-order valence-corrected chi connectivity index (χ1v) is 12.8. The Morgan fingerprint density at radius 3 is 2.37 bits per heavy atom. The maximum absolute atomic E-state index is 13.9. The highest BCUT2D eigenvalue weighted by atomic mass is 32.1. The van der Waals surface area contributed by atoms with Crippen molar-refractivity contribution in [1.29, 1.82) is 0 Å². The fourth-order valence-electron chi connectivity index (χ4n) is 3.75. The van der Waals surface area contributed by atoms with Gasteiger partial charge in [-0.05, 0) is 61.0 Å². The van der Waals surface area contributed by atoms with E-state index in [0.29, 0.717) is 26.9 Å². The minimum Gasteiger partial charge on any atom is -0.492 e. The molecule has 0 saturated heterocycles. The lowest BCUT2D eigenvalue weighted by Gasteiger charge is -2.31. The number of hydrogen-bond donors (Lipinski definition) is 0. The van der Waals surface area contributed by atoms with Gasteiger partial charge in [0, 0.05) is 21.2 Å². The van der Waals surface area contributed by atoms with E-state index in [0.717, 1.165) is 43.6 Å². The zero-order valence-corrected chi connectivity index (χ0v) is 21.8. The maximum atomic E-state index is 13.9.